The van der Waals surface area contributed by atoms with Crippen molar-refractivity contribution in [1.82, 2.24) is 19.9 Å². The maximum Gasteiger partial charge on any atom is 0.322 e. The van der Waals surface area contributed by atoms with Crippen LogP contribution in [0, 0.1) is 17.0 Å². The number of nitro groups is 1. The zero-order chi connectivity index (χ0) is 12.4. The summed E-state index contributed by atoms with van der Waals surface area (Å²) < 4.78 is 0. The van der Waals surface area contributed by atoms with E-state index in [-0.39, 0.29) is 22.4 Å². The maximum atomic E-state index is 10.9. The Balaban J connectivity index is 2.47. The SMILES string of the molecule is Cc1nc(N)nc(Sc2ncc[nH]2)c1[N+](=O)[O-]. The van der Waals surface area contributed by atoms with Gasteiger partial charge in [0.25, 0.3) is 0 Å². The van der Waals surface area contributed by atoms with E-state index in [4.69, 9.17) is 5.73 Å². The molecule has 9 heteroatoms. The standard InChI is InChI=1S/C8H8N6O2S/c1-4-5(14(15)16)6(13-7(9)12-4)17-8-10-2-3-11-8/h2-3H,1H3,(H,10,11)(H2,9,12,13). The van der Waals surface area contributed by atoms with Gasteiger partial charge in [-0.05, 0) is 18.7 Å². The third-order valence-electron chi connectivity index (χ3n) is 1.89. The molecular weight excluding hydrogens is 244 g/mol. The van der Waals surface area contributed by atoms with Crippen LogP contribution in [0.2, 0.25) is 0 Å². The van der Waals surface area contributed by atoms with Crippen molar-refractivity contribution >= 4 is 23.4 Å². The normalized spacial score (nSPS) is 10.4. The molecule has 0 aromatic carbocycles. The van der Waals surface area contributed by atoms with Gasteiger partial charge in [0.05, 0.1) is 4.92 Å². The van der Waals surface area contributed by atoms with Crippen LogP contribution in [0.3, 0.4) is 0 Å². The Morgan fingerprint density at radius 3 is 2.88 bits per heavy atom. The van der Waals surface area contributed by atoms with Gasteiger partial charge in [0.2, 0.25) is 5.95 Å². The van der Waals surface area contributed by atoms with Crippen LogP contribution in [-0.4, -0.2) is 24.9 Å². The monoisotopic (exact) mass is 252 g/mol. The second kappa shape index (κ2) is 4.37. The maximum absolute atomic E-state index is 10.9. The molecule has 0 fully saturated rings. The summed E-state index contributed by atoms with van der Waals surface area (Å²) in [5, 5.41) is 11.6. The van der Waals surface area contributed by atoms with Gasteiger partial charge in [-0.1, -0.05) is 0 Å². The number of hydrogen-bond donors (Lipinski definition) is 2. The predicted octanol–water partition coefficient (Wildman–Crippen LogP) is 1.15. The van der Waals surface area contributed by atoms with Gasteiger partial charge >= 0.3 is 5.69 Å². The molecule has 2 heterocycles. The number of rotatable bonds is 3. The van der Waals surface area contributed by atoms with E-state index in [1.54, 1.807) is 12.4 Å². The van der Waals surface area contributed by atoms with E-state index in [1.807, 2.05) is 0 Å². The first-order valence-electron chi connectivity index (χ1n) is 4.53. The highest BCUT2D eigenvalue weighted by Crippen LogP contribution is 2.33. The highest BCUT2D eigenvalue weighted by Gasteiger charge is 2.22. The molecule has 88 valence electrons. The van der Waals surface area contributed by atoms with Crippen molar-refractivity contribution < 1.29 is 4.92 Å². The average molecular weight is 252 g/mol. The molecule has 2 aromatic heterocycles. The summed E-state index contributed by atoms with van der Waals surface area (Å²) >= 11 is 1.04. The molecule has 0 saturated carbocycles. The Morgan fingerprint density at radius 1 is 1.53 bits per heavy atom. The number of aromatic nitrogens is 4. The molecule has 0 amide bonds. The van der Waals surface area contributed by atoms with E-state index in [2.05, 4.69) is 19.9 Å². The summed E-state index contributed by atoms with van der Waals surface area (Å²) in [5.74, 6) is 0.00200. The number of nitrogens with zero attached hydrogens (tertiary/aromatic N) is 4. The lowest BCUT2D eigenvalue weighted by Gasteiger charge is -2.03. The molecule has 0 atom stereocenters. The fourth-order valence-electron chi connectivity index (χ4n) is 1.24. The number of hydrogen-bond acceptors (Lipinski definition) is 7. The Hall–Kier alpha value is -2.16. The summed E-state index contributed by atoms with van der Waals surface area (Å²) in [5.41, 5.74) is 5.55. The van der Waals surface area contributed by atoms with E-state index in [0.29, 0.717) is 5.16 Å². The smallest absolute Gasteiger partial charge is 0.322 e. The number of imidazole rings is 1. The number of anilines is 1. The van der Waals surface area contributed by atoms with Gasteiger partial charge in [-0.25, -0.2) is 9.97 Å². The van der Waals surface area contributed by atoms with Crippen LogP contribution in [0.4, 0.5) is 11.6 Å². The van der Waals surface area contributed by atoms with Crippen molar-refractivity contribution in [2.24, 2.45) is 0 Å². The number of nitrogens with two attached hydrogens (primary N) is 1. The Morgan fingerprint density at radius 2 is 2.29 bits per heavy atom. The zero-order valence-electron chi connectivity index (χ0n) is 8.75. The van der Waals surface area contributed by atoms with E-state index in [0.717, 1.165) is 11.8 Å². The second-order valence-electron chi connectivity index (χ2n) is 3.07. The molecule has 0 saturated heterocycles. The van der Waals surface area contributed by atoms with Crippen LogP contribution in [-0.2, 0) is 0 Å². The fourth-order valence-corrected chi connectivity index (χ4v) is 2.12. The molecule has 0 radical (unpaired) electrons. The van der Waals surface area contributed by atoms with Crippen LogP contribution in [0.1, 0.15) is 5.69 Å². The number of nitrogen functional groups attached to an aromatic ring is 1. The lowest BCUT2D eigenvalue weighted by molar-refractivity contribution is -0.389. The minimum atomic E-state index is -0.528. The molecular formula is C8H8N6O2S. The van der Waals surface area contributed by atoms with Crippen LogP contribution in [0.5, 0.6) is 0 Å². The quantitative estimate of drug-likeness (QED) is 0.477. The third-order valence-corrected chi connectivity index (χ3v) is 2.79. The lowest BCUT2D eigenvalue weighted by atomic mass is 10.4. The number of aromatic amines is 1. The first-order chi connectivity index (χ1) is 8.08. The van der Waals surface area contributed by atoms with Crippen LogP contribution < -0.4 is 5.73 Å². The number of H-pyrrole nitrogens is 1. The van der Waals surface area contributed by atoms with E-state index in [9.17, 15) is 10.1 Å². The number of nitrogens with one attached hydrogen (secondary N) is 1. The Kier molecular flexibility index (Phi) is 2.91. The molecule has 3 N–H and O–H groups in total. The summed E-state index contributed by atoms with van der Waals surface area (Å²) in [6, 6.07) is 0. The van der Waals surface area contributed by atoms with E-state index < -0.39 is 4.92 Å². The minimum absolute atomic E-state index is 0.00200. The van der Waals surface area contributed by atoms with Gasteiger partial charge in [0.15, 0.2) is 10.2 Å². The average Bonchev–Trinajstić information content (AvgIpc) is 2.68. The molecule has 8 nitrogen and oxygen atoms in total. The third kappa shape index (κ3) is 2.33. The van der Waals surface area contributed by atoms with Crippen molar-refractivity contribution in [3.05, 3.63) is 28.2 Å². The van der Waals surface area contributed by atoms with Crippen molar-refractivity contribution in [2.45, 2.75) is 17.1 Å². The summed E-state index contributed by atoms with van der Waals surface area (Å²) in [6.07, 6.45) is 3.16. The lowest BCUT2D eigenvalue weighted by Crippen LogP contribution is -2.04. The van der Waals surface area contributed by atoms with Gasteiger partial charge in [0.1, 0.15) is 5.69 Å². The summed E-state index contributed by atoms with van der Waals surface area (Å²) in [7, 11) is 0. The largest absolute Gasteiger partial charge is 0.368 e. The highest BCUT2D eigenvalue weighted by atomic mass is 32.2. The molecule has 0 unspecified atom stereocenters. The van der Waals surface area contributed by atoms with E-state index >= 15 is 0 Å². The minimum Gasteiger partial charge on any atom is -0.368 e. The molecule has 17 heavy (non-hydrogen) atoms. The fraction of sp³-hybridized carbons (Fsp3) is 0.125. The van der Waals surface area contributed by atoms with Gasteiger partial charge in [-0.3, -0.25) is 10.1 Å². The molecule has 2 aromatic rings. The summed E-state index contributed by atoms with van der Waals surface area (Å²) in [6.45, 7) is 1.52. The zero-order valence-corrected chi connectivity index (χ0v) is 9.56. The van der Waals surface area contributed by atoms with Gasteiger partial charge in [-0.15, -0.1) is 0 Å². The molecule has 0 aliphatic heterocycles. The first kappa shape index (κ1) is 11.3. The van der Waals surface area contributed by atoms with Crippen LogP contribution >= 0.6 is 11.8 Å². The second-order valence-corrected chi connectivity index (χ2v) is 4.05. The highest BCUT2D eigenvalue weighted by molar-refractivity contribution is 7.99. The van der Waals surface area contributed by atoms with Gasteiger partial charge in [0, 0.05) is 12.4 Å². The topological polar surface area (TPSA) is 124 Å². The molecule has 2 rings (SSSR count). The Labute approximate surface area is 99.8 Å². The predicted molar refractivity (Wildman–Crippen MR) is 60.5 cm³/mol. The number of aryl methyl sites for hydroxylation is 1. The van der Waals surface area contributed by atoms with Gasteiger partial charge < -0.3 is 10.7 Å². The van der Waals surface area contributed by atoms with Crippen molar-refractivity contribution in [2.75, 3.05) is 5.73 Å². The first-order valence-corrected chi connectivity index (χ1v) is 5.35. The molecule has 0 spiro atoms. The van der Waals surface area contributed by atoms with Crippen molar-refractivity contribution in [3.8, 4) is 0 Å². The van der Waals surface area contributed by atoms with Crippen molar-refractivity contribution in [3.63, 3.8) is 0 Å². The van der Waals surface area contributed by atoms with E-state index in [1.165, 1.54) is 6.92 Å². The van der Waals surface area contributed by atoms with Crippen molar-refractivity contribution in [1.29, 1.82) is 0 Å². The summed E-state index contributed by atoms with van der Waals surface area (Å²) in [4.78, 5) is 24.8. The van der Waals surface area contributed by atoms with Crippen LogP contribution in [0.15, 0.2) is 22.6 Å². The van der Waals surface area contributed by atoms with Crippen LogP contribution in [0.25, 0.3) is 0 Å². The molecule has 0 bridgehead atoms. The Bertz CT molecular complexity index is 555. The molecule has 0 aliphatic rings. The molecule has 0 aliphatic carbocycles. The van der Waals surface area contributed by atoms with Gasteiger partial charge in [-0.2, -0.15) is 4.98 Å².